The zero-order chi connectivity index (χ0) is 30.7. The second-order valence-electron chi connectivity index (χ2n) is 17.4. The van der Waals surface area contributed by atoms with Crippen LogP contribution >= 0.6 is 0 Å². The van der Waals surface area contributed by atoms with E-state index in [9.17, 15) is 25.2 Å². The lowest BCUT2D eigenvalue weighted by molar-refractivity contribution is -0.270. The highest BCUT2D eigenvalue weighted by atomic mass is 16.7. The third kappa shape index (κ3) is 4.12. The highest BCUT2D eigenvalue weighted by Gasteiger charge is 2.69. The molecule has 5 aliphatic carbocycles. The molecule has 1 heterocycles. The van der Waals surface area contributed by atoms with Gasteiger partial charge in [-0.2, -0.15) is 0 Å². The smallest absolute Gasteiger partial charge is 0.315 e. The highest BCUT2D eigenvalue weighted by Crippen LogP contribution is 2.75. The van der Waals surface area contributed by atoms with Crippen molar-refractivity contribution in [1.29, 1.82) is 0 Å². The molecule has 4 N–H and O–H groups in total. The van der Waals surface area contributed by atoms with E-state index in [4.69, 9.17) is 9.47 Å². The minimum atomic E-state index is -1.48. The number of carbonyl (C=O) groups excluding carboxylic acids is 1. The molecule has 6 rings (SSSR count). The van der Waals surface area contributed by atoms with Crippen molar-refractivity contribution >= 4 is 5.97 Å². The number of rotatable bonds is 2. The van der Waals surface area contributed by atoms with Crippen LogP contribution in [0.15, 0.2) is 11.6 Å². The average Bonchev–Trinajstić information content (AvgIpc) is 2.91. The van der Waals surface area contributed by atoms with Gasteiger partial charge in [0.1, 0.15) is 18.3 Å². The topological polar surface area (TPSA) is 116 Å². The Kier molecular flexibility index (Phi) is 7.20. The summed E-state index contributed by atoms with van der Waals surface area (Å²) in [5.41, 5.74) is 0.989. The van der Waals surface area contributed by atoms with Crippen molar-refractivity contribution in [2.24, 2.45) is 50.2 Å². The Hall–Kier alpha value is -0.990. The van der Waals surface area contributed by atoms with Gasteiger partial charge in [0.2, 0.25) is 6.29 Å². The molecule has 0 aromatic carbocycles. The van der Waals surface area contributed by atoms with Crippen molar-refractivity contribution in [3.63, 3.8) is 0 Å². The van der Waals surface area contributed by atoms with Crippen molar-refractivity contribution in [2.75, 3.05) is 6.61 Å². The van der Waals surface area contributed by atoms with Crippen molar-refractivity contribution < 1.29 is 34.7 Å². The van der Waals surface area contributed by atoms with Gasteiger partial charge in [-0.25, -0.2) is 0 Å². The summed E-state index contributed by atoms with van der Waals surface area (Å²) in [6.45, 7) is 16.6. The molecule has 12 atom stereocenters. The molecule has 1 aliphatic heterocycles. The summed E-state index contributed by atoms with van der Waals surface area (Å²) in [6, 6.07) is 0. The molecule has 238 valence electrons. The van der Waals surface area contributed by atoms with Crippen LogP contribution in [0.3, 0.4) is 0 Å². The zero-order valence-electron chi connectivity index (χ0n) is 27.0. The summed E-state index contributed by atoms with van der Waals surface area (Å²) in [5, 5.41) is 41.7. The molecule has 4 saturated carbocycles. The minimum Gasteiger partial charge on any atom is -0.432 e. The zero-order valence-corrected chi connectivity index (χ0v) is 27.0. The van der Waals surface area contributed by atoms with Crippen LogP contribution in [0.1, 0.15) is 113 Å². The van der Waals surface area contributed by atoms with Gasteiger partial charge in [-0.1, -0.05) is 60.1 Å². The van der Waals surface area contributed by atoms with Gasteiger partial charge in [0, 0.05) is 0 Å². The quantitative estimate of drug-likeness (QED) is 0.261. The average molecular weight is 589 g/mol. The van der Waals surface area contributed by atoms with Crippen molar-refractivity contribution in [3.8, 4) is 0 Å². The van der Waals surface area contributed by atoms with Gasteiger partial charge in [-0.3, -0.25) is 4.79 Å². The van der Waals surface area contributed by atoms with Crippen LogP contribution in [-0.2, 0) is 14.3 Å². The Labute approximate surface area is 252 Å². The van der Waals surface area contributed by atoms with Crippen LogP contribution in [0, 0.1) is 50.2 Å². The van der Waals surface area contributed by atoms with E-state index in [0.29, 0.717) is 11.8 Å². The van der Waals surface area contributed by atoms with E-state index in [-0.39, 0.29) is 51.7 Å². The van der Waals surface area contributed by atoms with Crippen LogP contribution in [0.25, 0.3) is 0 Å². The van der Waals surface area contributed by atoms with E-state index < -0.39 is 30.0 Å². The summed E-state index contributed by atoms with van der Waals surface area (Å²) in [7, 11) is 0. The number of fused-ring (bicyclic) bond motifs is 7. The Morgan fingerprint density at radius 2 is 1.55 bits per heavy atom. The molecular formula is C35H56O7. The Balaban J connectivity index is 1.36. The fraction of sp³-hybridized carbons (Fsp3) is 0.914. The number of carbonyl (C=O) groups is 1. The molecular weight excluding hydrogens is 532 g/mol. The number of aliphatic hydroxyl groups excluding tert-OH is 4. The fourth-order valence-electron chi connectivity index (χ4n) is 11.7. The molecule has 5 fully saturated rings. The van der Waals surface area contributed by atoms with Gasteiger partial charge >= 0.3 is 5.97 Å². The van der Waals surface area contributed by atoms with E-state index in [1.165, 1.54) is 5.57 Å². The minimum absolute atomic E-state index is 0.0346. The number of hydrogen-bond donors (Lipinski definition) is 4. The molecule has 0 bridgehead atoms. The number of esters is 1. The SMILES string of the molecule is CC1(C)CC[C@]2(C(=O)O[C@@H]3OC[C@@H](O)[C@H](O)[C@H]3O)CC[C@]3(C)C(=CC[C@@H]4[C@@]5(C)CC[C@H](O)C(C)(C)[C@@H]5CC[C@]43C)[C@@H]2C1. The van der Waals surface area contributed by atoms with Crippen molar-refractivity contribution in [3.05, 3.63) is 11.6 Å². The van der Waals surface area contributed by atoms with Gasteiger partial charge in [-0.15, -0.1) is 0 Å². The molecule has 0 aromatic rings. The van der Waals surface area contributed by atoms with E-state index in [2.05, 4.69) is 54.5 Å². The lowest BCUT2D eigenvalue weighted by Crippen LogP contribution is -2.65. The van der Waals surface area contributed by atoms with Crippen LogP contribution in [0.5, 0.6) is 0 Å². The monoisotopic (exact) mass is 588 g/mol. The van der Waals surface area contributed by atoms with Crippen molar-refractivity contribution in [2.45, 2.75) is 143 Å². The van der Waals surface area contributed by atoms with Crippen LogP contribution in [-0.4, -0.2) is 63.7 Å². The van der Waals surface area contributed by atoms with Gasteiger partial charge < -0.3 is 29.9 Å². The second kappa shape index (κ2) is 9.75. The van der Waals surface area contributed by atoms with Gasteiger partial charge in [0.25, 0.3) is 0 Å². The third-order valence-corrected chi connectivity index (χ3v) is 14.7. The summed E-state index contributed by atoms with van der Waals surface area (Å²) in [6.07, 6.45) is 6.34. The molecule has 1 saturated heterocycles. The number of ether oxygens (including phenoxy) is 2. The molecule has 0 amide bonds. The summed E-state index contributed by atoms with van der Waals surface area (Å²) in [4.78, 5) is 14.2. The van der Waals surface area contributed by atoms with E-state index in [0.717, 1.165) is 64.2 Å². The Morgan fingerprint density at radius 1 is 0.857 bits per heavy atom. The predicted molar refractivity (Wildman–Crippen MR) is 159 cm³/mol. The first kappa shape index (κ1) is 31.0. The molecule has 7 heteroatoms. The summed E-state index contributed by atoms with van der Waals surface area (Å²) < 4.78 is 11.4. The standard InChI is InChI=1S/C35H56O7/c1-30(2)14-16-35(29(40)42-28-27(39)26(38)22(36)19-41-28)17-15-33(6)20(21(35)18-30)8-9-24-32(5)12-11-25(37)31(3,4)23(32)10-13-34(24,33)7/h8,21-28,36-39H,9-19H2,1-7H3/t21-,22+,23-,24+,25-,26-,27+,28-,32-,33+,34+,35-/m0/s1. The van der Waals surface area contributed by atoms with Gasteiger partial charge in [-0.05, 0) is 109 Å². The first-order valence-corrected chi connectivity index (χ1v) is 16.7. The molecule has 0 radical (unpaired) electrons. The van der Waals surface area contributed by atoms with E-state index in [1.807, 2.05) is 0 Å². The van der Waals surface area contributed by atoms with E-state index in [1.54, 1.807) is 0 Å². The molecule has 6 aliphatic rings. The largest absolute Gasteiger partial charge is 0.432 e. The second-order valence-corrected chi connectivity index (χ2v) is 17.4. The predicted octanol–water partition coefficient (Wildman–Crippen LogP) is 5.13. The lowest BCUT2D eigenvalue weighted by Gasteiger charge is -2.71. The lowest BCUT2D eigenvalue weighted by atomic mass is 9.33. The number of allylic oxidation sites excluding steroid dienone is 2. The first-order chi connectivity index (χ1) is 19.4. The van der Waals surface area contributed by atoms with E-state index >= 15 is 0 Å². The Bertz CT molecular complexity index is 1130. The normalized spacial score (nSPS) is 53.0. The van der Waals surface area contributed by atoms with Crippen LogP contribution in [0.2, 0.25) is 0 Å². The highest BCUT2D eigenvalue weighted by molar-refractivity contribution is 5.79. The molecule has 0 unspecified atom stereocenters. The van der Waals surface area contributed by atoms with Crippen molar-refractivity contribution in [1.82, 2.24) is 0 Å². The maximum atomic E-state index is 14.2. The number of hydrogen-bond acceptors (Lipinski definition) is 7. The molecule has 0 spiro atoms. The Morgan fingerprint density at radius 3 is 2.26 bits per heavy atom. The maximum Gasteiger partial charge on any atom is 0.315 e. The molecule has 7 nitrogen and oxygen atoms in total. The summed E-state index contributed by atoms with van der Waals surface area (Å²) in [5.74, 6) is 0.743. The third-order valence-electron chi connectivity index (χ3n) is 14.7. The van der Waals surface area contributed by atoms with Crippen LogP contribution < -0.4 is 0 Å². The number of aliphatic hydroxyl groups is 4. The first-order valence-electron chi connectivity index (χ1n) is 16.7. The molecule has 0 aromatic heterocycles. The maximum absolute atomic E-state index is 14.2. The summed E-state index contributed by atoms with van der Waals surface area (Å²) >= 11 is 0. The molecule has 42 heavy (non-hydrogen) atoms. The van der Waals surface area contributed by atoms with Crippen LogP contribution in [0.4, 0.5) is 0 Å². The van der Waals surface area contributed by atoms with Gasteiger partial charge in [0.05, 0.1) is 18.1 Å². The van der Waals surface area contributed by atoms with Gasteiger partial charge in [0.15, 0.2) is 0 Å². The fourth-order valence-corrected chi connectivity index (χ4v) is 11.7.